The fraction of sp³-hybridized carbons (Fsp3) is 0.455. The van der Waals surface area contributed by atoms with Crippen LogP contribution in [0.5, 0.6) is 11.5 Å². The Labute approximate surface area is 92.9 Å². The van der Waals surface area contributed by atoms with Gasteiger partial charge in [-0.1, -0.05) is 11.6 Å². The van der Waals surface area contributed by atoms with E-state index in [0.29, 0.717) is 24.0 Å². The van der Waals surface area contributed by atoms with Crippen LogP contribution >= 0.6 is 11.6 Å². The second-order valence-corrected chi connectivity index (χ2v) is 4.11. The molecule has 15 heavy (non-hydrogen) atoms. The van der Waals surface area contributed by atoms with E-state index in [4.69, 9.17) is 25.8 Å². The van der Waals surface area contributed by atoms with E-state index in [-0.39, 0.29) is 6.10 Å². The number of rotatable bonds is 1. The van der Waals surface area contributed by atoms with Crippen LogP contribution in [0.15, 0.2) is 12.1 Å². The van der Waals surface area contributed by atoms with Gasteiger partial charge in [-0.25, -0.2) is 0 Å². The highest BCUT2D eigenvalue weighted by Gasteiger charge is 2.27. The highest BCUT2D eigenvalue weighted by atomic mass is 35.5. The van der Waals surface area contributed by atoms with E-state index in [1.54, 1.807) is 0 Å². The molecule has 0 radical (unpaired) electrons. The molecule has 0 aromatic heterocycles. The van der Waals surface area contributed by atoms with Crippen molar-refractivity contribution < 1.29 is 14.2 Å². The molecule has 2 aliphatic rings. The third-order valence-electron chi connectivity index (χ3n) is 2.53. The summed E-state index contributed by atoms with van der Waals surface area (Å²) < 4.78 is 16.3. The summed E-state index contributed by atoms with van der Waals surface area (Å²) >= 11 is 6.13. The summed E-state index contributed by atoms with van der Waals surface area (Å²) in [5, 5.41) is 0.611. The number of ether oxygens (including phenoxy) is 3. The van der Waals surface area contributed by atoms with Crippen LogP contribution < -0.4 is 9.47 Å². The second kappa shape index (κ2) is 3.58. The van der Waals surface area contributed by atoms with Gasteiger partial charge in [-0.3, -0.25) is 0 Å². The molecule has 0 saturated carbocycles. The molecule has 3 nitrogen and oxygen atoms in total. The van der Waals surface area contributed by atoms with Gasteiger partial charge < -0.3 is 14.2 Å². The average molecular weight is 227 g/mol. The van der Waals surface area contributed by atoms with Crippen LogP contribution in [0.2, 0.25) is 5.02 Å². The van der Waals surface area contributed by atoms with Gasteiger partial charge in [-0.15, -0.1) is 0 Å². The van der Waals surface area contributed by atoms with Crippen LogP contribution in [-0.4, -0.2) is 19.8 Å². The number of fused-ring (bicyclic) bond motifs is 1. The first kappa shape index (κ1) is 9.31. The lowest BCUT2D eigenvalue weighted by Gasteiger charge is -2.10. The number of benzene rings is 1. The summed E-state index contributed by atoms with van der Waals surface area (Å²) in [6, 6.07) is 3.86. The first-order chi connectivity index (χ1) is 7.34. The summed E-state index contributed by atoms with van der Waals surface area (Å²) in [5.74, 6) is 1.41. The van der Waals surface area contributed by atoms with Crippen molar-refractivity contribution in [2.24, 2.45) is 0 Å². The minimum absolute atomic E-state index is 0.194. The van der Waals surface area contributed by atoms with Crippen LogP contribution in [0.3, 0.4) is 0 Å². The number of epoxide rings is 1. The maximum atomic E-state index is 6.13. The topological polar surface area (TPSA) is 31.0 Å². The molecule has 2 aliphatic heterocycles. The summed E-state index contributed by atoms with van der Waals surface area (Å²) in [7, 11) is 0. The minimum Gasteiger partial charge on any atom is -0.489 e. The Kier molecular flexibility index (Phi) is 2.22. The predicted molar refractivity (Wildman–Crippen MR) is 55.8 cm³/mol. The molecule has 0 aliphatic carbocycles. The molecule has 4 heteroatoms. The van der Waals surface area contributed by atoms with Crippen molar-refractivity contribution in [1.82, 2.24) is 0 Å². The Balaban J connectivity index is 2.03. The molecule has 2 heterocycles. The number of hydrogen-bond acceptors (Lipinski definition) is 3. The van der Waals surface area contributed by atoms with Crippen LogP contribution in [-0.2, 0) is 4.74 Å². The molecule has 1 aromatic carbocycles. The number of hydrogen-bond donors (Lipinski definition) is 0. The lowest BCUT2D eigenvalue weighted by atomic mass is 10.1. The molecule has 1 aromatic rings. The van der Waals surface area contributed by atoms with Crippen molar-refractivity contribution in [2.45, 2.75) is 12.5 Å². The molecule has 80 valence electrons. The third kappa shape index (κ3) is 1.77. The van der Waals surface area contributed by atoms with Crippen LogP contribution in [0.25, 0.3) is 0 Å². The first-order valence-corrected chi connectivity index (χ1v) is 5.43. The highest BCUT2D eigenvalue weighted by molar-refractivity contribution is 6.32. The van der Waals surface area contributed by atoms with Crippen LogP contribution in [0, 0.1) is 0 Å². The number of halogens is 1. The molecule has 1 saturated heterocycles. The van der Waals surface area contributed by atoms with Crippen molar-refractivity contribution in [2.75, 3.05) is 19.8 Å². The van der Waals surface area contributed by atoms with E-state index in [2.05, 4.69) is 0 Å². The summed E-state index contributed by atoms with van der Waals surface area (Å²) in [6.45, 7) is 2.11. The normalized spacial score (nSPS) is 23.4. The van der Waals surface area contributed by atoms with Crippen molar-refractivity contribution in [3.8, 4) is 11.5 Å². The second-order valence-electron chi connectivity index (χ2n) is 3.70. The van der Waals surface area contributed by atoms with Crippen LogP contribution in [0.1, 0.15) is 18.1 Å². The Morgan fingerprint density at radius 1 is 1.20 bits per heavy atom. The molecule has 0 bridgehead atoms. The third-order valence-corrected chi connectivity index (χ3v) is 2.81. The SMILES string of the molecule is Clc1cc(C2CO2)cc2c1OCCCO2. The summed E-state index contributed by atoms with van der Waals surface area (Å²) in [5.41, 5.74) is 1.07. The zero-order chi connectivity index (χ0) is 10.3. The Hall–Kier alpha value is -0.930. The predicted octanol–water partition coefficient (Wildman–Crippen LogP) is 2.57. The Bertz CT molecular complexity index is 388. The van der Waals surface area contributed by atoms with E-state index < -0.39 is 0 Å². The van der Waals surface area contributed by atoms with E-state index in [0.717, 1.165) is 24.3 Å². The monoisotopic (exact) mass is 226 g/mol. The zero-order valence-corrected chi connectivity index (χ0v) is 8.92. The maximum Gasteiger partial charge on any atom is 0.179 e. The molecule has 1 atom stereocenters. The summed E-state index contributed by atoms with van der Waals surface area (Å²) in [6.07, 6.45) is 1.08. The smallest absolute Gasteiger partial charge is 0.179 e. The van der Waals surface area contributed by atoms with Gasteiger partial charge in [0.1, 0.15) is 6.10 Å². The van der Waals surface area contributed by atoms with E-state index >= 15 is 0 Å². The molecule has 1 fully saturated rings. The van der Waals surface area contributed by atoms with Gasteiger partial charge in [0.25, 0.3) is 0 Å². The Morgan fingerprint density at radius 3 is 2.80 bits per heavy atom. The van der Waals surface area contributed by atoms with Crippen LogP contribution in [0.4, 0.5) is 0 Å². The van der Waals surface area contributed by atoms with Gasteiger partial charge in [0.05, 0.1) is 24.8 Å². The molecule has 3 rings (SSSR count). The van der Waals surface area contributed by atoms with Gasteiger partial charge in [0.15, 0.2) is 11.5 Å². The van der Waals surface area contributed by atoms with Gasteiger partial charge in [-0.05, 0) is 17.7 Å². The largest absolute Gasteiger partial charge is 0.489 e. The van der Waals surface area contributed by atoms with E-state index in [9.17, 15) is 0 Å². The molecule has 1 unspecified atom stereocenters. The summed E-state index contributed by atoms with van der Waals surface area (Å²) in [4.78, 5) is 0. The first-order valence-electron chi connectivity index (χ1n) is 5.05. The molecule has 0 amide bonds. The van der Waals surface area contributed by atoms with Gasteiger partial charge in [-0.2, -0.15) is 0 Å². The standard InChI is InChI=1S/C11H11ClO3/c12-8-4-7(10-6-15-10)5-9-11(8)14-3-1-2-13-9/h4-5,10H,1-3,6H2. The molecular formula is C11H11ClO3. The molecule has 0 N–H and O–H groups in total. The van der Waals surface area contributed by atoms with Crippen molar-refractivity contribution >= 4 is 11.6 Å². The van der Waals surface area contributed by atoms with Gasteiger partial charge in [0.2, 0.25) is 0 Å². The Morgan fingerprint density at radius 2 is 2.00 bits per heavy atom. The average Bonchev–Trinajstić information content (AvgIpc) is 3.04. The zero-order valence-electron chi connectivity index (χ0n) is 8.16. The fourth-order valence-electron chi connectivity index (χ4n) is 1.68. The minimum atomic E-state index is 0.194. The molecule has 0 spiro atoms. The van der Waals surface area contributed by atoms with Gasteiger partial charge in [0, 0.05) is 6.42 Å². The van der Waals surface area contributed by atoms with Gasteiger partial charge >= 0.3 is 0 Å². The van der Waals surface area contributed by atoms with Crippen molar-refractivity contribution in [3.05, 3.63) is 22.7 Å². The van der Waals surface area contributed by atoms with E-state index in [1.165, 1.54) is 0 Å². The quantitative estimate of drug-likeness (QED) is 0.690. The van der Waals surface area contributed by atoms with E-state index in [1.807, 2.05) is 12.1 Å². The molecular weight excluding hydrogens is 216 g/mol. The van der Waals surface area contributed by atoms with Crippen molar-refractivity contribution in [1.29, 1.82) is 0 Å². The van der Waals surface area contributed by atoms with Crippen molar-refractivity contribution in [3.63, 3.8) is 0 Å². The lowest BCUT2D eigenvalue weighted by Crippen LogP contribution is -1.97. The highest BCUT2D eigenvalue weighted by Crippen LogP contribution is 2.42. The maximum absolute atomic E-state index is 6.13. The fourth-order valence-corrected chi connectivity index (χ4v) is 1.95. The lowest BCUT2D eigenvalue weighted by molar-refractivity contribution is 0.297.